The molecule has 5 nitrogen and oxygen atoms in total. The third kappa shape index (κ3) is 3.52. The summed E-state index contributed by atoms with van der Waals surface area (Å²) in [6.45, 7) is 3.77. The summed E-state index contributed by atoms with van der Waals surface area (Å²) >= 11 is 6.22. The normalized spacial score (nSPS) is 15.3. The van der Waals surface area contributed by atoms with Crippen molar-refractivity contribution in [3.63, 3.8) is 0 Å². The molecule has 0 atom stereocenters. The molecule has 1 saturated heterocycles. The maximum absolute atomic E-state index is 12.9. The molecule has 2 aromatic heterocycles. The molecule has 1 fully saturated rings. The van der Waals surface area contributed by atoms with Crippen LogP contribution >= 0.6 is 11.6 Å². The van der Waals surface area contributed by atoms with Gasteiger partial charge in [-0.2, -0.15) is 0 Å². The summed E-state index contributed by atoms with van der Waals surface area (Å²) in [4.78, 5) is 22.4. The Morgan fingerprint density at radius 3 is 2.81 bits per heavy atom. The van der Waals surface area contributed by atoms with Crippen molar-refractivity contribution in [2.45, 2.75) is 25.7 Å². The van der Waals surface area contributed by atoms with E-state index in [1.165, 1.54) is 10.9 Å². The number of amides is 1. The lowest BCUT2D eigenvalue weighted by molar-refractivity contribution is 0.0706. The Hall–Kier alpha value is -2.53. The summed E-state index contributed by atoms with van der Waals surface area (Å²) in [5.41, 5.74) is 2.77. The van der Waals surface area contributed by atoms with Crippen molar-refractivity contribution in [1.82, 2.24) is 14.9 Å². The second kappa shape index (κ2) is 7.61. The van der Waals surface area contributed by atoms with E-state index in [2.05, 4.69) is 34.4 Å². The van der Waals surface area contributed by atoms with Gasteiger partial charge in [0.25, 0.3) is 5.91 Å². The van der Waals surface area contributed by atoms with Gasteiger partial charge in [-0.1, -0.05) is 29.8 Å². The molecule has 1 aromatic carbocycles. The molecule has 3 aromatic rings. The number of aromatic amines is 1. The van der Waals surface area contributed by atoms with Crippen molar-refractivity contribution < 1.29 is 9.53 Å². The van der Waals surface area contributed by atoms with E-state index in [-0.39, 0.29) is 11.6 Å². The Balaban J connectivity index is 1.48. The molecule has 0 aliphatic carbocycles. The van der Waals surface area contributed by atoms with Gasteiger partial charge in [-0.15, -0.1) is 0 Å². The van der Waals surface area contributed by atoms with Crippen LogP contribution in [-0.2, 0) is 0 Å². The quantitative estimate of drug-likeness (QED) is 0.714. The molecular weight excluding hydrogens is 362 g/mol. The zero-order valence-corrected chi connectivity index (χ0v) is 16.0. The third-order valence-electron chi connectivity index (χ3n) is 5.16. The molecule has 3 heterocycles. The molecule has 0 spiro atoms. The van der Waals surface area contributed by atoms with Crippen LogP contribution in [0.15, 0.2) is 42.6 Å². The molecule has 1 aliphatic rings. The standard InChI is InChI=1S/C21H22ClN3O2/c1-2-27-19-8-7-17(22)20(24-19)21(26)25-11-9-14(10-12-25)16-13-23-18-6-4-3-5-15(16)18/h3-8,13-14,23H,2,9-12H2,1H3. The number of hydrogen-bond acceptors (Lipinski definition) is 3. The predicted molar refractivity (Wildman–Crippen MR) is 107 cm³/mol. The Morgan fingerprint density at radius 2 is 2.04 bits per heavy atom. The molecule has 6 heteroatoms. The number of nitrogens with one attached hydrogen (secondary N) is 1. The van der Waals surface area contributed by atoms with E-state index in [0.29, 0.717) is 36.5 Å². The molecule has 1 aliphatic heterocycles. The van der Waals surface area contributed by atoms with Crippen LogP contribution in [0.1, 0.15) is 41.7 Å². The number of carbonyl (C=O) groups excluding carboxylic acids is 1. The second-order valence-corrected chi connectivity index (χ2v) is 7.18. The van der Waals surface area contributed by atoms with Crippen molar-refractivity contribution >= 4 is 28.4 Å². The summed E-state index contributed by atoms with van der Waals surface area (Å²) in [6.07, 6.45) is 3.96. The fraction of sp³-hybridized carbons (Fsp3) is 0.333. The van der Waals surface area contributed by atoms with Crippen LogP contribution in [0.3, 0.4) is 0 Å². The molecule has 140 valence electrons. The minimum absolute atomic E-state index is 0.126. The predicted octanol–water partition coefficient (Wildman–Crippen LogP) is 4.63. The Morgan fingerprint density at radius 1 is 1.26 bits per heavy atom. The van der Waals surface area contributed by atoms with Crippen molar-refractivity contribution in [3.05, 3.63) is 58.9 Å². The van der Waals surface area contributed by atoms with Crippen molar-refractivity contribution in [1.29, 1.82) is 0 Å². The summed E-state index contributed by atoms with van der Waals surface area (Å²) in [6, 6.07) is 11.7. The minimum Gasteiger partial charge on any atom is -0.478 e. The summed E-state index contributed by atoms with van der Waals surface area (Å²) in [5.74, 6) is 0.751. The van der Waals surface area contributed by atoms with E-state index in [1.54, 1.807) is 12.1 Å². The fourth-order valence-electron chi connectivity index (χ4n) is 3.78. The van der Waals surface area contributed by atoms with Crippen LogP contribution in [0.25, 0.3) is 10.9 Å². The van der Waals surface area contributed by atoms with Gasteiger partial charge in [0.1, 0.15) is 0 Å². The number of ether oxygens (including phenoxy) is 1. The van der Waals surface area contributed by atoms with Gasteiger partial charge in [0.15, 0.2) is 5.69 Å². The maximum atomic E-state index is 12.9. The lowest BCUT2D eigenvalue weighted by Gasteiger charge is -2.32. The van der Waals surface area contributed by atoms with E-state index >= 15 is 0 Å². The van der Waals surface area contributed by atoms with Crippen LogP contribution in [0.5, 0.6) is 5.88 Å². The first-order chi connectivity index (χ1) is 13.2. The smallest absolute Gasteiger partial charge is 0.274 e. The summed E-state index contributed by atoms with van der Waals surface area (Å²) in [7, 11) is 0. The molecule has 27 heavy (non-hydrogen) atoms. The largest absolute Gasteiger partial charge is 0.478 e. The number of nitrogens with zero attached hydrogens (tertiary/aromatic N) is 2. The number of benzene rings is 1. The molecule has 0 radical (unpaired) electrons. The van der Waals surface area contributed by atoms with Crippen LogP contribution in [0.2, 0.25) is 5.02 Å². The number of hydrogen-bond donors (Lipinski definition) is 1. The Bertz CT molecular complexity index is 961. The van der Waals surface area contributed by atoms with Gasteiger partial charge in [-0.3, -0.25) is 4.79 Å². The number of piperidine rings is 1. The van der Waals surface area contributed by atoms with Gasteiger partial charge in [-0.25, -0.2) is 4.98 Å². The number of halogens is 1. The monoisotopic (exact) mass is 383 g/mol. The molecule has 4 rings (SSSR count). The van der Waals surface area contributed by atoms with Gasteiger partial charge in [0.2, 0.25) is 5.88 Å². The first-order valence-electron chi connectivity index (χ1n) is 9.32. The molecule has 1 amide bonds. The number of fused-ring (bicyclic) bond motifs is 1. The molecule has 0 bridgehead atoms. The molecule has 0 unspecified atom stereocenters. The lowest BCUT2D eigenvalue weighted by atomic mass is 9.89. The van der Waals surface area contributed by atoms with Gasteiger partial charge < -0.3 is 14.6 Å². The summed E-state index contributed by atoms with van der Waals surface area (Å²) < 4.78 is 5.40. The Labute approximate surface area is 163 Å². The first kappa shape index (κ1) is 17.9. The number of para-hydroxylation sites is 1. The van der Waals surface area contributed by atoms with E-state index in [4.69, 9.17) is 16.3 Å². The average Bonchev–Trinajstić information content (AvgIpc) is 3.13. The molecular formula is C21H22ClN3O2. The lowest BCUT2D eigenvalue weighted by Crippen LogP contribution is -2.38. The third-order valence-corrected chi connectivity index (χ3v) is 5.46. The second-order valence-electron chi connectivity index (χ2n) is 6.77. The van der Waals surface area contributed by atoms with E-state index in [9.17, 15) is 4.79 Å². The SMILES string of the molecule is CCOc1ccc(Cl)c(C(=O)N2CCC(c3c[nH]c4ccccc34)CC2)n1. The van der Waals surface area contributed by atoms with Crippen molar-refractivity contribution in [3.8, 4) is 5.88 Å². The van der Waals surface area contributed by atoms with Crippen molar-refractivity contribution in [2.24, 2.45) is 0 Å². The maximum Gasteiger partial charge on any atom is 0.274 e. The number of carbonyl (C=O) groups is 1. The minimum atomic E-state index is -0.126. The van der Waals surface area contributed by atoms with Gasteiger partial charge in [0, 0.05) is 36.3 Å². The molecule has 1 N–H and O–H groups in total. The number of H-pyrrole nitrogens is 1. The number of aromatic nitrogens is 2. The van der Waals surface area contributed by atoms with Crippen LogP contribution in [0.4, 0.5) is 0 Å². The first-order valence-corrected chi connectivity index (χ1v) is 9.69. The van der Waals surface area contributed by atoms with Crippen LogP contribution in [0, 0.1) is 0 Å². The van der Waals surface area contributed by atoms with Gasteiger partial charge >= 0.3 is 0 Å². The molecule has 0 saturated carbocycles. The van der Waals surface area contributed by atoms with Gasteiger partial charge in [0.05, 0.1) is 11.6 Å². The topological polar surface area (TPSA) is 58.2 Å². The highest BCUT2D eigenvalue weighted by Crippen LogP contribution is 2.33. The van der Waals surface area contributed by atoms with E-state index < -0.39 is 0 Å². The highest BCUT2D eigenvalue weighted by Gasteiger charge is 2.28. The van der Waals surface area contributed by atoms with Crippen LogP contribution < -0.4 is 4.74 Å². The zero-order valence-electron chi connectivity index (χ0n) is 15.2. The number of likely N-dealkylation sites (tertiary alicyclic amines) is 1. The van der Waals surface area contributed by atoms with E-state index in [0.717, 1.165) is 18.4 Å². The zero-order chi connectivity index (χ0) is 18.8. The van der Waals surface area contributed by atoms with Gasteiger partial charge in [-0.05, 0) is 43.4 Å². The number of rotatable bonds is 4. The average molecular weight is 384 g/mol. The van der Waals surface area contributed by atoms with Crippen LogP contribution in [-0.4, -0.2) is 40.5 Å². The Kier molecular flexibility index (Phi) is 5.03. The van der Waals surface area contributed by atoms with Crippen molar-refractivity contribution in [2.75, 3.05) is 19.7 Å². The number of pyridine rings is 1. The fourth-order valence-corrected chi connectivity index (χ4v) is 3.96. The highest BCUT2D eigenvalue weighted by atomic mass is 35.5. The highest BCUT2D eigenvalue weighted by molar-refractivity contribution is 6.33. The summed E-state index contributed by atoms with van der Waals surface area (Å²) in [5, 5.41) is 1.64. The van der Waals surface area contributed by atoms with E-state index in [1.807, 2.05) is 17.9 Å².